The largest absolute Gasteiger partial charge is 0.323 e. The highest BCUT2D eigenvalue weighted by atomic mass is 35.5. The van der Waals surface area contributed by atoms with Gasteiger partial charge in [-0.15, -0.1) is 0 Å². The molecule has 0 aliphatic carbocycles. The number of hydrogen-bond acceptors (Lipinski definition) is 1. The molecule has 0 fully saturated rings. The highest BCUT2D eigenvalue weighted by molar-refractivity contribution is 6.35. The second kappa shape index (κ2) is 5.76. The summed E-state index contributed by atoms with van der Waals surface area (Å²) in [7, 11) is 0. The first-order valence-electron chi connectivity index (χ1n) is 5.23. The van der Waals surface area contributed by atoms with Crippen LogP contribution >= 0.6 is 23.2 Å². The zero-order chi connectivity index (χ0) is 13.0. The van der Waals surface area contributed by atoms with Crippen LogP contribution < -0.4 is 10.6 Å². The van der Waals surface area contributed by atoms with Crippen molar-refractivity contribution in [2.45, 2.75) is 0 Å². The number of benzene rings is 2. The number of carbonyl (C=O) groups is 1. The van der Waals surface area contributed by atoms with Gasteiger partial charge in [-0.05, 0) is 30.3 Å². The monoisotopic (exact) mass is 280 g/mol. The van der Waals surface area contributed by atoms with Crippen LogP contribution in [0.2, 0.25) is 10.0 Å². The van der Waals surface area contributed by atoms with Crippen LogP contribution in [0.1, 0.15) is 0 Å². The molecule has 2 N–H and O–H groups in total. The van der Waals surface area contributed by atoms with E-state index in [9.17, 15) is 4.79 Å². The van der Waals surface area contributed by atoms with Crippen molar-refractivity contribution in [1.29, 1.82) is 0 Å². The molecule has 0 aliphatic rings. The lowest BCUT2D eigenvalue weighted by molar-refractivity contribution is 0.262. The molecular weight excluding hydrogens is 271 g/mol. The van der Waals surface area contributed by atoms with Gasteiger partial charge in [0.15, 0.2) is 0 Å². The third-order valence-corrected chi connectivity index (χ3v) is 2.77. The Hall–Kier alpha value is -1.71. The van der Waals surface area contributed by atoms with E-state index >= 15 is 0 Å². The maximum Gasteiger partial charge on any atom is 0.323 e. The van der Waals surface area contributed by atoms with Crippen LogP contribution in [0.4, 0.5) is 16.2 Å². The van der Waals surface area contributed by atoms with Gasteiger partial charge in [-0.25, -0.2) is 4.79 Å². The third kappa shape index (κ3) is 3.39. The van der Waals surface area contributed by atoms with E-state index in [4.69, 9.17) is 23.2 Å². The first-order chi connectivity index (χ1) is 8.65. The van der Waals surface area contributed by atoms with Gasteiger partial charge in [0.1, 0.15) is 0 Å². The second-order valence-electron chi connectivity index (χ2n) is 3.57. The average Bonchev–Trinajstić information content (AvgIpc) is 2.35. The first kappa shape index (κ1) is 12.7. The molecule has 2 aromatic rings. The summed E-state index contributed by atoms with van der Waals surface area (Å²) in [6.45, 7) is 0. The minimum absolute atomic E-state index is 0.370. The zero-order valence-corrected chi connectivity index (χ0v) is 10.8. The lowest BCUT2D eigenvalue weighted by atomic mass is 10.3. The summed E-state index contributed by atoms with van der Waals surface area (Å²) < 4.78 is 0. The number of amides is 2. The molecule has 0 bridgehead atoms. The zero-order valence-electron chi connectivity index (χ0n) is 9.28. The summed E-state index contributed by atoms with van der Waals surface area (Å²) in [6, 6.07) is 13.6. The van der Waals surface area contributed by atoms with Gasteiger partial charge >= 0.3 is 6.03 Å². The van der Waals surface area contributed by atoms with E-state index in [0.717, 1.165) is 0 Å². The molecule has 0 heterocycles. The number of anilines is 2. The maximum absolute atomic E-state index is 11.7. The number of nitrogens with one attached hydrogen (secondary N) is 2. The van der Waals surface area contributed by atoms with E-state index in [1.165, 1.54) is 0 Å². The molecule has 0 atom stereocenters. The maximum atomic E-state index is 11.7. The summed E-state index contributed by atoms with van der Waals surface area (Å²) in [6.07, 6.45) is 0. The minimum atomic E-state index is -0.370. The van der Waals surface area contributed by atoms with Gasteiger partial charge < -0.3 is 10.6 Å². The van der Waals surface area contributed by atoms with Crippen molar-refractivity contribution in [3.8, 4) is 0 Å². The van der Waals surface area contributed by atoms with E-state index < -0.39 is 0 Å². The smallest absolute Gasteiger partial charge is 0.308 e. The number of rotatable bonds is 2. The van der Waals surface area contributed by atoms with E-state index in [1.807, 2.05) is 18.2 Å². The Kier molecular flexibility index (Phi) is 4.07. The molecule has 0 aromatic heterocycles. The molecule has 0 spiro atoms. The quantitative estimate of drug-likeness (QED) is 0.827. The van der Waals surface area contributed by atoms with Crippen LogP contribution in [-0.4, -0.2) is 6.03 Å². The molecule has 2 rings (SSSR count). The number of carbonyl (C=O) groups excluding carboxylic acids is 1. The predicted molar refractivity (Wildman–Crippen MR) is 75.5 cm³/mol. The van der Waals surface area contributed by atoms with Crippen molar-refractivity contribution >= 4 is 40.6 Å². The molecule has 0 radical (unpaired) electrons. The van der Waals surface area contributed by atoms with Gasteiger partial charge in [-0.2, -0.15) is 0 Å². The van der Waals surface area contributed by atoms with E-state index in [2.05, 4.69) is 10.6 Å². The third-order valence-electron chi connectivity index (χ3n) is 2.21. The van der Waals surface area contributed by atoms with Crippen LogP contribution in [0.3, 0.4) is 0 Å². The van der Waals surface area contributed by atoms with Crippen LogP contribution in [0.5, 0.6) is 0 Å². The molecular formula is C13H10Cl2N2O. The number of halogens is 2. The van der Waals surface area contributed by atoms with Crippen LogP contribution in [0, 0.1) is 0 Å². The van der Waals surface area contributed by atoms with Crippen molar-refractivity contribution in [1.82, 2.24) is 0 Å². The minimum Gasteiger partial charge on any atom is -0.308 e. The molecule has 92 valence electrons. The Morgan fingerprint density at radius 1 is 0.944 bits per heavy atom. The predicted octanol–water partition coefficient (Wildman–Crippen LogP) is 4.64. The number of urea groups is 1. The topological polar surface area (TPSA) is 41.1 Å². The Labute approximate surface area is 115 Å². The fraction of sp³-hybridized carbons (Fsp3) is 0. The molecule has 2 amide bonds. The van der Waals surface area contributed by atoms with Crippen molar-refractivity contribution in [2.75, 3.05) is 10.6 Å². The van der Waals surface area contributed by atoms with Crippen molar-refractivity contribution in [3.63, 3.8) is 0 Å². The average molecular weight is 281 g/mol. The molecule has 0 aliphatic heterocycles. The molecule has 0 unspecified atom stereocenters. The van der Waals surface area contributed by atoms with Crippen molar-refractivity contribution in [2.24, 2.45) is 0 Å². The highest BCUT2D eigenvalue weighted by Gasteiger charge is 2.06. The van der Waals surface area contributed by atoms with Gasteiger partial charge in [0.2, 0.25) is 0 Å². The molecule has 0 saturated carbocycles. The Balaban J connectivity index is 2.05. The summed E-state index contributed by atoms with van der Waals surface area (Å²) in [5, 5.41) is 6.26. The Morgan fingerprint density at radius 2 is 1.67 bits per heavy atom. The first-order valence-corrected chi connectivity index (χ1v) is 5.99. The fourth-order valence-corrected chi connectivity index (χ4v) is 1.74. The molecule has 3 nitrogen and oxygen atoms in total. The van der Waals surface area contributed by atoms with Crippen molar-refractivity contribution in [3.05, 3.63) is 58.6 Å². The van der Waals surface area contributed by atoms with E-state index in [-0.39, 0.29) is 6.03 Å². The van der Waals surface area contributed by atoms with Gasteiger partial charge in [-0.1, -0.05) is 41.4 Å². The lowest BCUT2D eigenvalue weighted by Gasteiger charge is -2.09. The van der Waals surface area contributed by atoms with Gasteiger partial charge in [0, 0.05) is 10.7 Å². The van der Waals surface area contributed by atoms with Crippen LogP contribution in [0.25, 0.3) is 0 Å². The number of hydrogen-bond donors (Lipinski definition) is 2. The standard InChI is InChI=1S/C13H10Cl2N2O/c14-9-6-7-11(15)12(8-9)17-13(18)16-10-4-2-1-3-5-10/h1-8H,(H2,16,17,18). The van der Waals surface area contributed by atoms with Crippen LogP contribution in [-0.2, 0) is 0 Å². The second-order valence-corrected chi connectivity index (χ2v) is 4.41. The van der Waals surface area contributed by atoms with Gasteiger partial charge in [0.05, 0.1) is 10.7 Å². The SMILES string of the molecule is O=C(Nc1ccccc1)Nc1cc(Cl)ccc1Cl. The highest BCUT2D eigenvalue weighted by Crippen LogP contribution is 2.25. The normalized spacial score (nSPS) is 9.89. The summed E-state index contributed by atoms with van der Waals surface area (Å²) in [5.41, 5.74) is 1.17. The molecule has 5 heteroatoms. The molecule has 0 saturated heterocycles. The summed E-state index contributed by atoms with van der Waals surface area (Å²) >= 11 is 11.8. The fourth-order valence-electron chi connectivity index (χ4n) is 1.40. The summed E-state index contributed by atoms with van der Waals surface area (Å²) in [4.78, 5) is 11.7. The Bertz CT molecular complexity index is 558. The van der Waals surface area contributed by atoms with E-state index in [0.29, 0.717) is 21.4 Å². The lowest BCUT2D eigenvalue weighted by Crippen LogP contribution is -2.19. The van der Waals surface area contributed by atoms with E-state index in [1.54, 1.807) is 30.3 Å². The molecule has 2 aromatic carbocycles. The molecule has 18 heavy (non-hydrogen) atoms. The van der Waals surface area contributed by atoms with Gasteiger partial charge in [0.25, 0.3) is 0 Å². The van der Waals surface area contributed by atoms with Gasteiger partial charge in [-0.3, -0.25) is 0 Å². The Morgan fingerprint density at radius 3 is 2.39 bits per heavy atom. The van der Waals surface area contributed by atoms with Crippen molar-refractivity contribution < 1.29 is 4.79 Å². The number of para-hydroxylation sites is 1. The van der Waals surface area contributed by atoms with Crippen LogP contribution in [0.15, 0.2) is 48.5 Å². The summed E-state index contributed by atoms with van der Waals surface area (Å²) in [5.74, 6) is 0.